The number of halogens is 2. The number of nitrogen functional groups attached to an aromatic ring is 1. The van der Waals surface area contributed by atoms with Gasteiger partial charge in [-0.1, -0.05) is 0 Å². The van der Waals surface area contributed by atoms with Crippen LogP contribution < -0.4 is 11.1 Å². The number of aromatic nitrogens is 4. The van der Waals surface area contributed by atoms with Crippen LogP contribution in [0.25, 0.3) is 17.0 Å². The van der Waals surface area contributed by atoms with Gasteiger partial charge < -0.3 is 11.1 Å². The maximum atomic E-state index is 14.5. The van der Waals surface area contributed by atoms with Gasteiger partial charge in [0.2, 0.25) is 11.8 Å². The molecular formula is C19H13F2N7. The largest absolute Gasteiger partial charge is 0.381 e. The molecule has 0 aliphatic carbocycles. The number of nitrogens with one attached hydrogen (secondary N) is 1. The van der Waals surface area contributed by atoms with Crippen LogP contribution in [0.4, 0.5) is 26.1 Å². The molecule has 0 unspecified atom stereocenters. The smallest absolute Gasteiger partial charge is 0.239 e. The minimum atomic E-state index is -0.818. The summed E-state index contributed by atoms with van der Waals surface area (Å²) in [5.41, 5.74) is 7.70. The number of hydrogen-bond acceptors (Lipinski definition) is 6. The predicted molar refractivity (Wildman–Crippen MR) is 100 cm³/mol. The number of rotatable bonds is 3. The van der Waals surface area contributed by atoms with E-state index in [9.17, 15) is 8.78 Å². The van der Waals surface area contributed by atoms with Gasteiger partial charge in [-0.15, -0.1) is 0 Å². The van der Waals surface area contributed by atoms with Gasteiger partial charge in [0, 0.05) is 11.8 Å². The van der Waals surface area contributed by atoms with Gasteiger partial charge in [-0.05, 0) is 43.3 Å². The Kier molecular flexibility index (Phi) is 4.08. The highest BCUT2D eigenvalue weighted by Crippen LogP contribution is 2.26. The van der Waals surface area contributed by atoms with Crippen LogP contribution in [-0.2, 0) is 0 Å². The fourth-order valence-corrected chi connectivity index (χ4v) is 2.82. The fraction of sp³-hybridized carbons (Fsp3) is 0.0526. The lowest BCUT2D eigenvalue weighted by molar-refractivity contribution is 0.622. The molecule has 2 heterocycles. The van der Waals surface area contributed by atoms with E-state index in [1.807, 2.05) is 6.07 Å². The van der Waals surface area contributed by atoms with E-state index in [1.165, 1.54) is 22.8 Å². The zero-order valence-corrected chi connectivity index (χ0v) is 14.6. The summed E-state index contributed by atoms with van der Waals surface area (Å²) in [6.45, 7) is 1.70. The van der Waals surface area contributed by atoms with Gasteiger partial charge in [0.15, 0.2) is 11.6 Å². The van der Waals surface area contributed by atoms with E-state index in [0.29, 0.717) is 28.1 Å². The molecule has 138 valence electrons. The molecule has 0 fully saturated rings. The van der Waals surface area contributed by atoms with Gasteiger partial charge in [0.05, 0.1) is 22.7 Å². The molecule has 4 aromatic rings. The summed E-state index contributed by atoms with van der Waals surface area (Å²) in [7, 11) is 0. The molecule has 0 radical (unpaired) electrons. The first-order valence-electron chi connectivity index (χ1n) is 8.21. The summed E-state index contributed by atoms with van der Waals surface area (Å²) >= 11 is 0. The molecule has 0 atom stereocenters. The van der Waals surface area contributed by atoms with E-state index >= 15 is 0 Å². The van der Waals surface area contributed by atoms with Gasteiger partial charge >= 0.3 is 0 Å². The number of anilines is 3. The number of benzene rings is 2. The molecule has 4 rings (SSSR count). The standard InChI is InChI=1S/C19H13F2N7/c1-10-24-14-7-4-12(20)8-15(14)28(10)19-26-17(23)16(21)18(27-19)25-13-5-2-11(9-22)3-6-13/h2-8H,1H3,(H3,23,25,26,27). The zero-order chi connectivity index (χ0) is 19.8. The number of hydrogen-bond donors (Lipinski definition) is 2. The molecule has 0 saturated carbocycles. The second kappa shape index (κ2) is 6.59. The van der Waals surface area contributed by atoms with Crippen LogP contribution in [0.15, 0.2) is 42.5 Å². The molecular weight excluding hydrogens is 364 g/mol. The molecule has 3 N–H and O–H groups in total. The molecule has 0 bridgehead atoms. The van der Waals surface area contributed by atoms with Crippen molar-refractivity contribution in [3.05, 3.63) is 65.5 Å². The van der Waals surface area contributed by atoms with Gasteiger partial charge in [0.1, 0.15) is 11.6 Å². The van der Waals surface area contributed by atoms with Crippen LogP contribution in [0.2, 0.25) is 0 Å². The summed E-state index contributed by atoms with van der Waals surface area (Å²) in [5, 5.41) is 11.7. The number of imidazole rings is 1. The summed E-state index contributed by atoms with van der Waals surface area (Å²) in [5.74, 6) is -1.22. The Morgan fingerprint density at radius 1 is 1.07 bits per heavy atom. The van der Waals surface area contributed by atoms with Crippen molar-refractivity contribution in [3.63, 3.8) is 0 Å². The van der Waals surface area contributed by atoms with Crippen molar-refractivity contribution >= 4 is 28.4 Å². The molecule has 2 aromatic heterocycles. The first kappa shape index (κ1) is 17.4. The van der Waals surface area contributed by atoms with Gasteiger partial charge in [-0.3, -0.25) is 4.57 Å². The van der Waals surface area contributed by atoms with Crippen molar-refractivity contribution in [2.45, 2.75) is 6.92 Å². The molecule has 7 nitrogen and oxygen atoms in total. The lowest BCUT2D eigenvalue weighted by Crippen LogP contribution is -2.10. The lowest BCUT2D eigenvalue weighted by atomic mass is 10.2. The summed E-state index contributed by atoms with van der Waals surface area (Å²) in [6.07, 6.45) is 0. The number of aryl methyl sites for hydroxylation is 1. The number of nitrogens with zero attached hydrogens (tertiary/aromatic N) is 5. The van der Waals surface area contributed by atoms with Crippen LogP contribution in [0.5, 0.6) is 0 Å². The van der Waals surface area contributed by atoms with E-state index in [-0.39, 0.29) is 17.6 Å². The van der Waals surface area contributed by atoms with Gasteiger partial charge in [-0.25, -0.2) is 9.37 Å². The Morgan fingerprint density at radius 3 is 2.54 bits per heavy atom. The maximum Gasteiger partial charge on any atom is 0.239 e. The van der Waals surface area contributed by atoms with Crippen molar-refractivity contribution in [1.29, 1.82) is 5.26 Å². The zero-order valence-electron chi connectivity index (χ0n) is 14.6. The van der Waals surface area contributed by atoms with Crippen molar-refractivity contribution < 1.29 is 8.78 Å². The molecule has 0 spiro atoms. The van der Waals surface area contributed by atoms with Crippen LogP contribution in [0.3, 0.4) is 0 Å². The molecule has 0 amide bonds. The Balaban J connectivity index is 1.83. The average Bonchev–Trinajstić information content (AvgIpc) is 3.01. The monoisotopic (exact) mass is 377 g/mol. The Labute approximate surface area is 158 Å². The van der Waals surface area contributed by atoms with E-state index in [0.717, 1.165) is 0 Å². The lowest BCUT2D eigenvalue weighted by Gasteiger charge is -2.12. The first-order valence-corrected chi connectivity index (χ1v) is 8.21. The third-order valence-electron chi connectivity index (χ3n) is 4.13. The van der Waals surface area contributed by atoms with Crippen LogP contribution in [-0.4, -0.2) is 19.5 Å². The molecule has 0 saturated heterocycles. The predicted octanol–water partition coefficient (Wildman–Crippen LogP) is 3.60. The minimum Gasteiger partial charge on any atom is -0.381 e. The molecule has 0 aliphatic heterocycles. The van der Waals surface area contributed by atoms with Crippen molar-refractivity contribution in [2.24, 2.45) is 0 Å². The average molecular weight is 377 g/mol. The Bertz CT molecular complexity index is 1240. The first-order chi connectivity index (χ1) is 13.5. The van der Waals surface area contributed by atoms with Crippen molar-refractivity contribution in [3.8, 4) is 12.0 Å². The highest BCUT2D eigenvalue weighted by atomic mass is 19.1. The quantitative estimate of drug-likeness (QED) is 0.565. The van der Waals surface area contributed by atoms with Crippen molar-refractivity contribution in [2.75, 3.05) is 11.1 Å². The van der Waals surface area contributed by atoms with E-state index in [1.54, 1.807) is 31.2 Å². The third-order valence-corrected chi connectivity index (χ3v) is 4.13. The molecule has 9 heteroatoms. The Hall–Kier alpha value is -4.06. The molecule has 28 heavy (non-hydrogen) atoms. The van der Waals surface area contributed by atoms with E-state index < -0.39 is 11.6 Å². The van der Waals surface area contributed by atoms with Crippen LogP contribution in [0.1, 0.15) is 11.4 Å². The highest BCUT2D eigenvalue weighted by molar-refractivity contribution is 5.78. The number of nitrogens with two attached hydrogens (primary N) is 1. The number of fused-ring (bicyclic) bond motifs is 1. The minimum absolute atomic E-state index is 0.0562. The van der Waals surface area contributed by atoms with E-state index in [2.05, 4.69) is 20.3 Å². The van der Waals surface area contributed by atoms with Crippen LogP contribution in [0, 0.1) is 29.9 Å². The van der Waals surface area contributed by atoms with Crippen LogP contribution >= 0.6 is 0 Å². The molecule has 2 aromatic carbocycles. The van der Waals surface area contributed by atoms with Gasteiger partial charge in [-0.2, -0.15) is 19.6 Å². The highest BCUT2D eigenvalue weighted by Gasteiger charge is 2.18. The summed E-state index contributed by atoms with van der Waals surface area (Å²) < 4.78 is 29.7. The number of nitriles is 1. The topological polar surface area (TPSA) is 105 Å². The molecule has 0 aliphatic rings. The Morgan fingerprint density at radius 2 is 1.82 bits per heavy atom. The summed E-state index contributed by atoms with van der Waals surface area (Å²) in [4.78, 5) is 12.6. The van der Waals surface area contributed by atoms with Crippen molar-refractivity contribution in [1.82, 2.24) is 19.5 Å². The van der Waals surface area contributed by atoms with E-state index in [4.69, 9.17) is 11.0 Å². The normalized spacial score (nSPS) is 10.8. The second-order valence-corrected chi connectivity index (χ2v) is 6.01. The second-order valence-electron chi connectivity index (χ2n) is 6.01. The maximum absolute atomic E-state index is 14.5. The summed E-state index contributed by atoms with van der Waals surface area (Å²) in [6, 6.07) is 12.5. The fourth-order valence-electron chi connectivity index (χ4n) is 2.82. The SMILES string of the molecule is Cc1nc2ccc(F)cc2n1-c1nc(N)c(F)c(Nc2ccc(C#N)cc2)n1. The third kappa shape index (κ3) is 2.97. The van der Waals surface area contributed by atoms with Gasteiger partial charge in [0.25, 0.3) is 0 Å².